The van der Waals surface area contributed by atoms with Crippen LogP contribution in [0.15, 0.2) is 64.6 Å². The zero-order chi connectivity index (χ0) is 18.9. The van der Waals surface area contributed by atoms with Crippen molar-refractivity contribution in [3.8, 4) is 0 Å². The second-order valence-electron chi connectivity index (χ2n) is 6.91. The third-order valence-electron chi connectivity index (χ3n) is 4.89. The van der Waals surface area contributed by atoms with Gasteiger partial charge in [-0.1, -0.05) is 42.5 Å². The van der Waals surface area contributed by atoms with Crippen molar-refractivity contribution < 1.29 is 14.6 Å². The molecule has 1 aliphatic rings. The number of nitrogens with one attached hydrogen (secondary N) is 3. The van der Waals surface area contributed by atoms with Gasteiger partial charge in [0.25, 0.3) is 5.91 Å². The van der Waals surface area contributed by atoms with Crippen LogP contribution in [0.4, 0.5) is 0 Å². The molecule has 0 aromatic heterocycles. The Morgan fingerprint density at radius 3 is 2.37 bits per heavy atom. The van der Waals surface area contributed by atoms with Gasteiger partial charge in [-0.2, -0.15) is 5.10 Å². The van der Waals surface area contributed by atoms with Crippen molar-refractivity contribution in [3.05, 3.63) is 65.7 Å². The van der Waals surface area contributed by atoms with Gasteiger partial charge in [0, 0.05) is 10.5 Å². The molecular formula is C21H28N4OS+2. The Labute approximate surface area is 165 Å². The lowest BCUT2D eigenvalue weighted by Gasteiger charge is -2.29. The summed E-state index contributed by atoms with van der Waals surface area (Å²) in [5, 5.41) is 4.08. The van der Waals surface area contributed by atoms with Crippen LogP contribution in [-0.2, 0) is 11.3 Å². The van der Waals surface area contributed by atoms with E-state index in [2.05, 4.69) is 59.2 Å². The number of nitrogens with zero attached hydrogens (tertiary/aromatic N) is 1. The molecule has 0 radical (unpaired) electrons. The zero-order valence-corrected chi connectivity index (χ0v) is 16.6. The standard InChI is InChI=1S/C21H26N4OS/c1-27-20-9-7-18(8-10-20)15-22-23-21(26)17-25-13-11-24(12-14-25)16-19-5-3-2-4-6-19/h2-10,15H,11-14,16-17H2,1H3,(H,23,26)/p+2. The molecule has 142 valence electrons. The smallest absolute Gasteiger partial charge is 0.295 e. The summed E-state index contributed by atoms with van der Waals surface area (Å²) in [6.07, 6.45) is 3.74. The summed E-state index contributed by atoms with van der Waals surface area (Å²) in [4.78, 5) is 16.3. The van der Waals surface area contributed by atoms with Crippen LogP contribution >= 0.6 is 11.8 Å². The van der Waals surface area contributed by atoms with Crippen LogP contribution in [0.2, 0.25) is 0 Å². The van der Waals surface area contributed by atoms with Crippen molar-refractivity contribution in [1.82, 2.24) is 5.43 Å². The first-order valence-corrected chi connectivity index (χ1v) is 10.6. The number of hydrogen-bond acceptors (Lipinski definition) is 3. The zero-order valence-electron chi connectivity index (χ0n) is 15.8. The van der Waals surface area contributed by atoms with Gasteiger partial charge in [0.1, 0.15) is 32.7 Å². The number of hydrogen-bond donors (Lipinski definition) is 3. The summed E-state index contributed by atoms with van der Waals surface area (Å²) >= 11 is 1.71. The molecule has 0 bridgehead atoms. The minimum absolute atomic E-state index is 0.0199. The molecule has 1 saturated heterocycles. The second-order valence-corrected chi connectivity index (χ2v) is 7.79. The normalized spacial score (nSPS) is 19.9. The van der Waals surface area contributed by atoms with E-state index < -0.39 is 0 Å². The predicted octanol–water partition coefficient (Wildman–Crippen LogP) is -0.158. The van der Waals surface area contributed by atoms with Crippen LogP contribution in [0.3, 0.4) is 0 Å². The van der Waals surface area contributed by atoms with E-state index in [0.29, 0.717) is 6.54 Å². The summed E-state index contributed by atoms with van der Waals surface area (Å²) < 4.78 is 0. The molecule has 0 atom stereocenters. The number of quaternary nitrogens is 2. The highest BCUT2D eigenvalue weighted by molar-refractivity contribution is 7.98. The van der Waals surface area contributed by atoms with Gasteiger partial charge in [0.15, 0.2) is 6.54 Å². The number of hydrazone groups is 1. The molecule has 0 saturated carbocycles. The van der Waals surface area contributed by atoms with E-state index in [4.69, 9.17) is 0 Å². The Balaban J connectivity index is 1.37. The Hall–Kier alpha value is -2.15. The number of carbonyl (C=O) groups excluding carboxylic acids is 1. The Kier molecular flexibility index (Phi) is 7.45. The highest BCUT2D eigenvalue weighted by Crippen LogP contribution is 2.13. The van der Waals surface area contributed by atoms with E-state index >= 15 is 0 Å². The molecule has 5 nitrogen and oxygen atoms in total. The van der Waals surface area contributed by atoms with Crippen LogP contribution in [0.1, 0.15) is 11.1 Å². The van der Waals surface area contributed by atoms with Crippen LogP contribution in [0, 0.1) is 0 Å². The lowest BCUT2D eigenvalue weighted by molar-refractivity contribution is -1.02. The Bertz CT molecular complexity index is 741. The Morgan fingerprint density at radius 2 is 1.70 bits per heavy atom. The summed E-state index contributed by atoms with van der Waals surface area (Å²) in [6.45, 7) is 5.80. The first kappa shape index (κ1) is 19.6. The van der Waals surface area contributed by atoms with Crippen LogP contribution in [0.5, 0.6) is 0 Å². The van der Waals surface area contributed by atoms with Gasteiger partial charge in [0.2, 0.25) is 0 Å². The minimum atomic E-state index is -0.0199. The van der Waals surface area contributed by atoms with E-state index in [1.165, 1.54) is 15.4 Å². The molecule has 2 aromatic carbocycles. The van der Waals surface area contributed by atoms with Gasteiger partial charge >= 0.3 is 0 Å². The van der Waals surface area contributed by atoms with Gasteiger partial charge in [-0.3, -0.25) is 4.79 Å². The maximum absolute atomic E-state index is 12.1. The number of carbonyl (C=O) groups is 1. The molecule has 27 heavy (non-hydrogen) atoms. The average Bonchev–Trinajstić information content (AvgIpc) is 2.71. The third kappa shape index (κ3) is 6.50. The third-order valence-corrected chi connectivity index (χ3v) is 5.63. The van der Waals surface area contributed by atoms with Crippen molar-refractivity contribution >= 4 is 23.9 Å². The largest absolute Gasteiger partial charge is 0.322 e. The van der Waals surface area contributed by atoms with Crippen molar-refractivity contribution in [3.63, 3.8) is 0 Å². The molecule has 1 heterocycles. The van der Waals surface area contributed by atoms with Crippen molar-refractivity contribution in [2.45, 2.75) is 11.4 Å². The maximum Gasteiger partial charge on any atom is 0.295 e. The van der Waals surface area contributed by atoms with Crippen LogP contribution in [0.25, 0.3) is 0 Å². The summed E-state index contributed by atoms with van der Waals surface area (Å²) in [5.41, 5.74) is 5.02. The molecule has 1 amide bonds. The van der Waals surface area contributed by atoms with E-state index in [0.717, 1.165) is 38.3 Å². The number of rotatable bonds is 7. The second kappa shape index (κ2) is 10.3. The molecular weight excluding hydrogens is 356 g/mol. The fourth-order valence-electron chi connectivity index (χ4n) is 3.33. The maximum atomic E-state index is 12.1. The van der Waals surface area contributed by atoms with E-state index in [9.17, 15) is 4.79 Å². The molecule has 3 rings (SSSR count). The summed E-state index contributed by atoms with van der Waals surface area (Å²) in [7, 11) is 0. The van der Waals surface area contributed by atoms with Gasteiger partial charge in [-0.05, 0) is 24.0 Å². The van der Waals surface area contributed by atoms with Gasteiger partial charge in [0.05, 0.1) is 6.21 Å². The number of piperazine rings is 1. The first-order chi connectivity index (χ1) is 13.2. The summed E-state index contributed by atoms with van der Waals surface area (Å²) in [6, 6.07) is 18.7. The highest BCUT2D eigenvalue weighted by Gasteiger charge is 2.24. The quantitative estimate of drug-likeness (QED) is 0.353. The minimum Gasteiger partial charge on any atom is -0.322 e. The molecule has 6 heteroatoms. The average molecular weight is 385 g/mol. The molecule has 1 fully saturated rings. The lowest BCUT2D eigenvalue weighted by atomic mass is 10.2. The van der Waals surface area contributed by atoms with Crippen LogP contribution in [-0.4, -0.2) is 51.1 Å². The van der Waals surface area contributed by atoms with Crippen molar-refractivity contribution in [2.24, 2.45) is 5.10 Å². The molecule has 0 aliphatic carbocycles. The molecule has 1 aliphatic heterocycles. The van der Waals surface area contributed by atoms with Crippen molar-refractivity contribution in [1.29, 1.82) is 0 Å². The fraction of sp³-hybridized carbons (Fsp3) is 0.333. The SMILES string of the molecule is CSc1ccc(C=NNC(=O)C[NH+]2CC[NH+](Cc3ccccc3)CC2)cc1. The van der Waals surface area contributed by atoms with Gasteiger partial charge < -0.3 is 9.80 Å². The Morgan fingerprint density at radius 1 is 1.04 bits per heavy atom. The van der Waals surface area contributed by atoms with E-state index in [1.54, 1.807) is 22.9 Å². The number of thioether (sulfide) groups is 1. The number of benzene rings is 2. The van der Waals surface area contributed by atoms with E-state index in [1.807, 2.05) is 12.1 Å². The van der Waals surface area contributed by atoms with Gasteiger partial charge in [-0.25, -0.2) is 5.43 Å². The monoisotopic (exact) mass is 384 g/mol. The molecule has 3 N–H and O–H groups in total. The van der Waals surface area contributed by atoms with E-state index in [-0.39, 0.29) is 5.91 Å². The molecule has 2 aromatic rings. The number of amides is 1. The fourth-order valence-corrected chi connectivity index (χ4v) is 3.74. The molecule has 0 unspecified atom stereocenters. The first-order valence-electron chi connectivity index (χ1n) is 9.40. The summed E-state index contributed by atoms with van der Waals surface area (Å²) in [5.74, 6) is -0.0199. The van der Waals surface area contributed by atoms with Crippen LogP contribution < -0.4 is 15.2 Å². The highest BCUT2D eigenvalue weighted by atomic mass is 32.2. The lowest BCUT2D eigenvalue weighted by Crippen LogP contribution is -3.28. The predicted molar refractivity (Wildman–Crippen MR) is 110 cm³/mol. The van der Waals surface area contributed by atoms with Crippen molar-refractivity contribution in [2.75, 3.05) is 39.0 Å². The molecule has 0 spiro atoms. The van der Waals surface area contributed by atoms with Gasteiger partial charge in [-0.15, -0.1) is 11.8 Å². The topological polar surface area (TPSA) is 50.3 Å².